The summed E-state index contributed by atoms with van der Waals surface area (Å²) >= 11 is 0. The molecule has 0 aliphatic rings. The van der Waals surface area contributed by atoms with Crippen molar-refractivity contribution in [3.05, 3.63) is 125 Å². The zero-order valence-corrected chi connectivity index (χ0v) is 22.2. The summed E-state index contributed by atoms with van der Waals surface area (Å²) in [4.78, 5) is 34.9. The number of anilines is 1. The van der Waals surface area contributed by atoms with E-state index in [0.717, 1.165) is 23.4 Å². The average molecular weight is 555 g/mol. The first-order valence-electron chi connectivity index (χ1n) is 12.8. The van der Waals surface area contributed by atoms with Crippen molar-refractivity contribution in [2.24, 2.45) is 0 Å². The molecule has 5 rings (SSSR count). The van der Waals surface area contributed by atoms with Crippen LogP contribution in [0.2, 0.25) is 0 Å². The zero-order valence-electron chi connectivity index (χ0n) is 22.2. The lowest BCUT2D eigenvalue weighted by atomic mass is 9.98. The Hall–Kier alpha value is -5.05. The molecule has 0 radical (unpaired) electrons. The van der Waals surface area contributed by atoms with Crippen molar-refractivity contribution in [3.8, 4) is 11.1 Å². The number of amides is 2. The van der Waals surface area contributed by atoms with E-state index in [1.165, 1.54) is 12.1 Å². The average Bonchev–Trinajstić information content (AvgIpc) is 2.96. The van der Waals surface area contributed by atoms with E-state index in [1.54, 1.807) is 60.8 Å². The number of nitrogens with zero attached hydrogens (tertiary/aromatic N) is 2. The minimum atomic E-state index is -4.45. The molecule has 2 heterocycles. The molecule has 0 aliphatic carbocycles. The molecule has 9 heteroatoms. The largest absolute Gasteiger partial charge is 0.416 e. The summed E-state index contributed by atoms with van der Waals surface area (Å²) in [6, 6.07) is 23.3. The zero-order chi connectivity index (χ0) is 29.1. The van der Waals surface area contributed by atoms with Crippen LogP contribution in [0.1, 0.15) is 50.5 Å². The van der Waals surface area contributed by atoms with Crippen LogP contribution < -0.4 is 10.6 Å². The Morgan fingerprint density at radius 2 is 1.61 bits per heavy atom. The minimum absolute atomic E-state index is 0.251. The van der Waals surface area contributed by atoms with E-state index in [1.807, 2.05) is 26.0 Å². The lowest BCUT2D eigenvalue weighted by Crippen LogP contribution is -2.27. The summed E-state index contributed by atoms with van der Waals surface area (Å²) in [5, 5.41) is 6.42. The van der Waals surface area contributed by atoms with Crippen molar-refractivity contribution in [2.45, 2.75) is 26.1 Å². The lowest BCUT2D eigenvalue weighted by molar-refractivity contribution is -0.137. The normalized spacial score (nSPS) is 12.1. The van der Waals surface area contributed by atoms with Crippen LogP contribution in [0.4, 0.5) is 19.0 Å². The first-order valence-corrected chi connectivity index (χ1v) is 12.8. The number of aromatic nitrogens is 2. The number of benzene rings is 3. The van der Waals surface area contributed by atoms with Gasteiger partial charge >= 0.3 is 6.18 Å². The fourth-order valence-corrected chi connectivity index (χ4v) is 4.38. The lowest BCUT2D eigenvalue weighted by Gasteiger charge is -2.14. The van der Waals surface area contributed by atoms with E-state index in [0.29, 0.717) is 39.0 Å². The van der Waals surface area contributed by atoms with Gasteiger partial charge in [0.2, 0.25) is 0 Å². The fourth-order valence-electron chi connectivity index (χ4n) is 4.38. The molecule has 1 atom stereocenters. The van der Waals surface area contributed by atoms with Crippen LogP contribution >= 0.6 is 0 Å². The summed E-state index contributed by atoms with van der Waals surface area (Å²) in [5.74, 6) is -0.415. The molecule has 2 aromatic heterocycles. The predicted molar refractivity (Wildman–Crippen MR) is 151 cm³/mol. The number of fused-ring (bicyclic) bond motifs is 1. The highest BCUT2D eigenvalue weighted by molar-refractivity contribution is 6.08. The second kappa shape index (κ2) is 11.2. The molecule has 0 bridgehead atoms. The predicted octanol–water partition coefficient (Wildman–Crippen LogP) is 7.37. The van der Waals surface area contributed by atoms with Gasteiger partial charge in [-0.3, -0.25) is 14.6 Å². The van der Waals surface area contributed by atoms with E-state index in [9.17, 15) is 22.8 Å². The molecule has 0 aliphatic heterocycles. The van der Waals surface area contributed by atoms with Gasteiger partial charge in [-0.2, -0.15) is 13.2 Å². The highest BCUT2D eigenvalue weighted by atomic mass is 19.4. The summed E-state index contributed by atoms with van der Waals surface area (Å²) in [7, 11) is 0. The maximum absolute atomic E-state index is 13.2. The molecule has 0 saturated carbocycles. The first kappa shape index (κ1) is 27.5. The number of halogens is 3. The third kappa shape index (κ3) is 6.24. The van der Waals surface area contributed by atoms with Gasteiger partial charge in [-0.05, 0) is 85.1 Å². The maximum atomic E-state index is 13.2. The van der Waals surface area contributed by atoms with Gasteiger partial charge in [0, 0.05) is 22.7 Å². The van der Waals surface area contributed by atoms with Crippen LogP contribution in [0.3, 0.4) is 0 Å². The molecule has 6 nitrogen and oxygen atoms in total. The van der Waals surface area contributed by atoms with E-state index in [2.05, 4.69) is 20.6 Å². The monoisotopic (exact) mass is 554 g/mol. The van der Waals surface area contributed by atoms with Crippen LogP contribution in [-0.2, 0) is 6.18 Å². The molecule has 3 aromatic carbocycles. The molecule has 0 fully saturated rings. The Morgan fingerprint density at radius 3 is 2.32 bits per heavy atom. The van der Waals surface area contributed by atoms with Crippen molar-refractivity contribution in [2.75, 3.05) is 5.32 Å². The Balaban J connectivity index is 1.31. The summed E-state index contributed by atoms with van der Waals surface area (Å²) in [6.07, 6.45) is -2.69. The molecular weight excluding hydrogens is 529 g/mol. The third-order valence-corrected chi connectivity index (χ3v) is 6.61. The molecule has 206 valence electrons. The molecule has 41 heavy (non-hydrogen) atoms. The molecule has 0 saturated heterocycles. The number of hydrogen-bond acceptors (Lipinski definition) is 4. The van der Waals surface area contributed by atoms with Gasteiger partial charge in [-0.25, -0.2) is 4.98 Å². The quantitative estimate of drug-likeness (QED) is 0.230. The van der Waals surface area contributed by atoms with E-state index in [-0.39, 0.29) is 11.9 Å². The molecular formula is C32H25F3N4O2. The number of aryl methyl sites for hydroxylation is 1. The van der Waals surface area contributed by atoms with Gasteiger partial charge in [0.15, 0.2) is 0 Å². The van der Waals surface area contributed by atoms with Gasteiger partial charge in [0.25, 0.3) is 11.8 Å². The second-order valence-electron chi connectivity index (χ2n) is 9.63. The SMILES string of the molecule is Cc1ccc([C@@H](C)NC(=O)c2ccc3nc(NC(=O)c4ccccc4-c4ccc(C(F)(F)F)cc4)ccc3c2)nc1. The van der Waals surface area contributed by atoms with E-state index >= 15 is 0 Å². The van der Waals surface area contributed by atoms with E-state index in [4.69, 9.17) is 0 Å². The van der Waals surface area contributed by atoms with Gasteiger partial charge in [0.05, 0.1) is 22.8 Å². The van der Waals surface area contributed by atoms with Gasteiger partial charge in [-0.15, -0.1) is 0 Å². The summed E-state index contributed by atoms with van der Waals surface area (Å²) in [5.41, 5.74) is 3.32. The molecule has 5 aromatic rings. The van der Waals surface area contributed by atoms with Crippen LogP contribution in [0.25, 0.3) is 22.0 Å². The molecule has 0 spiro atoms. The van der Waals surface area contributed by atoms with Crippen LogP contribution in [-0.4, -0.2) is 21.8 Å². The second-order valence-corrected chi connectivity index (χ2v) is 9.63. The number of carbonyl (C=O) groups is 2. The summed E-state index contributed by atoms with van der Waals surface area (Å²) in [6.45, 7) is 3.81. The van der Waals surface area contributed by atoms with Gasteiger partial charge in [0.1, 0.15) is 5.82 Å². The number of nitrogens with one attached hydrogen (secondary N) is 2. The molecule has 2 N–H and O–H groups in total. The first-order chi connectivity index (χ1) is 19.6. The number of carbonyl (C=O) groups excluding carboxylic acids is 2. The summed E-state index contributed by atoms with van der Waals surface area (Å²) < 4.78 is 38.9. The number of pyridine rings is 2. The van der Waals surface area contributed by atoms with Crippen LogP contribution in [0.15, 0.2) is 97.2 Å². The van der Waals surface area contributed by atoms with Crippen molar-refractivity contribution >= 4 is 28.5 Å². The topological polar surface area (TPSA) is 84.0 Å². The molecule has 0 unspecified atom stereocenters. The highest BCUT2D eigenvalue weighted by Crippen LogP contribution is 2.32. The Kier molecular flexibility index (Phi) is 7.52. The van der Waals surface area contributed by atoms with Gasteiger partial charge < -0.3 is 10.6 Å². The minimum Gasteiger partial charge on any atom is -0.344 e. The number of rotatable bonds is 6. The smallest absolute Gasteiger partial charge is 0.344 e. The van der Waals surface area contributed by atoms with Crippen molar-refractivity contribution in [3.63, 3.8) is 0 Å². The Labute approximate surface area is 234 Å². The molecule has 2 amide bonds. The number of hydrogen-bond donors (Lipinski definition) is 2. The third-order valence-electron chi connectivity index (χ3n) is 6.61. The highest BCUT2D eigenvalue weighted by Gasteiger charge is 2.30. The van der Waals surface area contributed by atoms with Gasteiger partial charge in [-0.1, -0.05) is 36.4 Å². The van der Waals surface area contributed by atoms with Crippen LogP contribution in [0.5, 0.6) is 0 Å². The van der Waals surface area contributed by atoms with Crippen molar-refractivity contribution in [1.82, 2.24) is 15.3 Å². The Bertz CT molecular complexity index is 1730. The van der Waals surface area contributed by atoms with Crippen molar-refractivity contribution < 1.29 is 22.8 Å². The standard InChI is InChI=1S/C32H25F3N4O2/c1-19-7-14-27(36-18-19)20(2)37-30(40)23-10-15-28-22(17-23)11-16-29(38-28)39-31(41)26-6-4-3-5-25(26)21-8-12-24(13-9-21)32(33,34)35/h3-18,20H,1-2H3,(H,37,40)(H,38,39,41)/t20-/m1/s1. The maximum Gasteiger partial charge on any atom is 0.416 e. The Morgan fingerprint density at radius 1 is 0.854 bits per heavy atom. The van der Waals surface area contributed by atoms with E-state index < -0.39 is 17.6 Å². The van der Waals surface area contributed by atoms with Crippen molar-refractivity contribution in [1.29, 1.82) is 0 Å². The fraction of sp³-hybridized carbons (Fsp3) is 0.125. The number of alkyl halides is 3. The van der Waals surface area contributed by atoms with Crippen LogP contribution in [0, 0.1) is 6.92 Å².